The molecule has 0 saturated carbocycles. The van der Waals surface area contributed by atoms with Crippen molar-refractivity contribution >= 4 is 17.6 Å². The Hall–Kier alpha value is -1.50. The second kappa shape index (κ2) is 5.01. The van der Waals surface area contributed by atoms with Gasteiger partial charge in [0, 0.05) is 0 Å². The van der Waals surface area contributed by atoms with Gasteiger partial charge in [0.15, 0.2) is 0 Å². The molecule has 92 valence electrons. The van der Waals surface area contributed by atoms with Gasteiger partial charge < -0.3 is 0 Å². The van der Waals surface area contributed by atoms with Crippen LogP contribution in [0.1, 0.15) is 22.3 Å². The Morgan fingerprint density at radius 2 is 0.833 bits per heavy atom. The molecular formula is C17H21B. The molecule has 0 fully saturated rings. The summed E-state index contributed by atoms with van der Waals surface area (Å²) in [6.07, 6.45) is 0. The molecule has 0 nitrogen and oxygen atoms in total. The highest BCUT2D eigenvalue weighted by Gasteiger charge is 2.14. The first kappa shape index (κ1) is 12.9. The van der Waals surface area contributed by atoms with Crippen LogP contribution >= 0.6 is 0 Å². The molecule has 18 heavy (non-hydrogen) atoms. The lowest BCUT2D eigenvalue weighted by Crippen LogP contribution is -2.39. The quantitative estimate of drug-likeness (QED) is 0.702. The average molecular weight is 236 g/mol. The van der Waals surface area contributed by atoms with Crippen LogP contribution in [0.15, 0.2) is 36.4 Å². The Bertz CT molecular complexity index is 478. The summed E-state index contributed by atoms with van der Waals surface area (Å²) in [6, 6.07) is 13.7. The fourth-order valence-corrected chi connectivity index (χ4v) is 2.71. The first-order valence-corrected chi connectivity index (χ1v) is 6.62. The number of rotatable bonds is 2. The Morgan fingerprint density at radius 1 is 0.556 bits per heavy atom. The van der Waals surface area contributed by atoms with E-state index in [4.69, 9.17) is 0 Å². The maximum Gasteiger partial charge on any atom is 0.206 e. The van der Waals surface area contributed by atoms with Gasteiger partial charge in [-0.1, -0.05) is 76.4 Å². The number of hydrogen-bond acceptors (Lipinski definition) is 0. The smallest absolute Gasteiger partial charge is 0.0774 e. The largest absolute Gasteiger partial charge is 0.206 e. The lowest BCUT2D eigenvalue weighted by atomic mass is 9.42. The summed E-state index contributed by atoms with van der Waals surface area (Å²) in [4.78, 5) is 0. The molecule has 0 saturated heterocycles. The van der Waals surface area contributed by atoms with Crippen molar-refractivity contribution in [1.29, 1.82) is 0 Å². The zero-order chi connectivity index (χ0) is 13.3. The van der Waals surface area contributed by atoms with Crippen molar-refractivity contribution < 1.29 is 0 Å². The van der Waals surface area contributed by atoms with Crippen LogP contribution in [-0.4, -0.2) is 6.71 Å². The Balaban J connectivity index is 2.43. The molecule has 0 aliphatic heterocycles. The predicted molar refractivity (Wildman–Crippen MR) is 82.7 cm³/mol. The minimum absolute atomic E-state index is 0.460. The number of benzene rings is 2. The molecule has 0 spiro atoms. The van der Waals surface area contributed by atoms with Gasteiger partial charge in [-0.3, -0.25) is 0 Å². The molecule has 0 aromatic heterocycles. The molecule has 0 aliphatic rings. The van der Waals surface area contributed by atoms with Crippen molar-refractivity contribution in [2.45, 2.75) is 34.5 Å². The zero-order valence-corrected chi connectivity index (χ0v) is 12.0. The summed E-state index contributed by atoms with van der Waals surface area (Å²) in [6.45, 7) is 11.4. The molecule has 0 bridgehead atoms. The fraction of sp³-hybridized carbons (Fsp3) is 0.294. The van der Waals surface area contributed by atoms with Crippen LogP contribution in [0.5, 0.6) is 0 Å². The molecule has 0 N–H and O–H groups in total. The van der Waals surface area contributed by atoms with Crippen molar-refractivity contribution in [3.05, 3.63) is 58.7 Å². The van der Waals surface area contributed by atoms with Crippen LogP contribution in [0.25, 0.3) is 0 Å². The van der Waals surface area contributed by atoms with Gasteiger partial charge in [-0.2, -0.15) is 0 Å². The zero-order valence-electron chi connectivity index (χ0n) is 12.0. The van der Waals surface area contributed by atoms with Crippen LogP contribution in [0.3, 0.4) is 0 Å². The van der Waals surface area contributed by atoms with E-state index in [1.54, 1.807) is 0 Å². The number of hydrogen-bond donors (Lipinski definition) is 0. The second-order valence-corrected chi connectivity index (χ2v) is 5.56. The van der Waals surface area contributed by atoms with Crippen LogP contribution in [0.4, 0.5) is 0 Å². The lowest BCUT2D eigenvalue weighted by Gasteiger charge is -2.13. The Kier molecular flexibility index (Phi) is 3.61. The van der Waals surface area contributed by atoms with E-state index in [1.165, 1.54) is 33.2 Å². The monoisotopic (exact) mass is 236 g/mol. The highest BCUT2D eigenvalue weighted by Crippen LogP contribution is 2.05. The highest BCUT2D eigenvalue weighted by atomic mass is 14.0. The Labute approximate surface area is 111 Å². The third kappa shape index (κ3) is 2.84. The predicted octanol–water partition coefficient (Wildman–Crippen LogP) is 3.16. The molecule has 0 heterocycles. The van der Waals surface area contributed by atoms with E-state index in [1.807, 2.05) is 0 Å². The topological polar surface area (TPSA) is 0 Å². The molecule has 2 rings (SSSR count). The van der Waals surface area contributed by atoms with E-state index in [2.05, 4.69) is 70.9 Å². The van der Waals surface area contributed by atoms with Crippen LogP contribution in [0.2, 0.25) is 6.82 Å². The summed E-state index contributed by atoms with van der Waals surface area (Å²) in [7, 11) is 0. The molecule has 2 aromatic rings. The first-order chi connectivity index (χ1) is 8.45. The number of aryl methyl sites for hydroxylation is 4. The van der Waals surface area contributed by atoms with E-state index in [-0.39, 0.29) is 0 Å². The average Bonchev–Trinajstić information content (AvgIpc) is 2.25. The standard InChI is InChI=1S/C17H21B/c1-12-6-13(2)9-16(8-12)18(5)17-10-14(3)7-15(4)11-17/h6-11H,1-5H3. The van der Waals surface area contributed by atoms with Crippen molar-refractivity contribution in [3.63, 3.8) is 0 Å². The minimum atomic E-state index is 0.460. The van der Waals surface area contributed by atoms with Gasteiger partial charge >= 0.3 is 0 Å². The summed E-state index contributed by atoms with van der Waals surface area (Å²) in [5.74, 6) is 0. The summed E-state index contributed by atoms with van der Waals surface area (Å²) < 4.78 is 0. The molecule has 1 heteroatoms. The van der Waals surface area contributed by atoms with E-state index in [0.29, 0.717) is 6.71 Å². The van der Waals surface area contributed by atoms with Crippen LogP contribution < -0.4 is 10.9 Å². The van der Waals surface area contributed by atoms with Gasteiger partial charge in [-0.25, -0.2) is 0 Å². The minimum Gasteiger partial charge on any atom is -0.0774 e. The molecule has 0 unspecified atom stereocenters. The van der Waals surface area contributed by atoms with Crippen molar-refractivity contribution in [2.75, 3.05) is 0 Å². The van der Waals surface area contributed by atoms with E-state index in [9.17, 15) is 0 Å². The lowest BCUT2D eigenvalue weighted by molar-refractivity contribution is 1.39. The molecule has 0 amide bonds. The van der Waals surface area contributed by atoms with Crippen molar-refractivity contribution in [1.82, 2.24) is 0 Å². The van der Waals surface area contributed by atoms with Gasteiger partial charge in [0.25, 0.3) is 0 Å². The third-order valence-electron chi connectivity index (χ3n) is 3.49. The second-order valence-electron chi connectivity index (χ2n) is 5.56. The van der Waals surface area contributed by atoms with E-state index >= 15 is 0 Å². The van der Waals surface area contributed by atoms with Crippen molar-refractivity contribution in [3.8, 4) is 0 Å². The maximum atomic E-state index is 2.30. The first-order valence-electron chi connectivity index (χ1n) is 6.62. The maximum absolute atomic E-state index is 2.30. The van der Waals surface area contributed by atoms with Gasteiger partial charge in [0.2, 0.25) is 6.71 Å². The van der Waals surface area contributed by atoms with E-state index < -0.39 is 0 Å². The van der Waals surface area contributed by atoms with Gasteiger partial charge in [-0.05, 0) is 27.7 Å². The van der Waals surface area contributed by atoms with Gasteiger partial charge in [-0.15, -0.1) is 0 Å². The summed E-state index contributed by atoms with van der Waals surface area (Å²) in [5, 5.41) is 0. The van der Waals surface area contributed by atoms with Gasteiger partial charge in [0.1, 0.15) is 0 Å². The molecule has 0 radical (unpaired) electrons. The SMILES string of the molecule is CB(c1cc(C)cc(C)c1)c1cc(C)cc(C)c1. The molecule has 2 aromatic carbocycles. The third-order valence-corrected chi connectivity index (χ3v) is 3.49. The van der Waals surface area contributed by atoms with Crippen LogP contribution in [0, 0.1) is 27.7 Å². The normalized spacial score (nSPS) is 10.5. The van der Waals surface area contributed by atoms with E-state index in [0.717, 1.165) is 0 Å². The molecule has 0 aliphatic carbocycles. The Morgan fingerprint density at radius 3 is 1.11 bits per heavy atom. The summed E-state index contributed by atoms with van der Waals surface area (Å²) in [5.41, 5.74) is 8.22. The highest BCUT2D eigenvalue weighted by molar-refractivity contribution is 6.84. The van der Waals surface area contributed by atoms with Gasteiger partial charge in [0.05, 0.1) is 0 Å². The summed E-state index contributed by atoms with van der Waals surface area (Å²) >= 11 is 0. The fourth-order valence-electron chi connectivity index (χ4n) is 2.71. The van der Waals surface area contributed by atoms with Crippen molar-refractivity contribution in [2.24, 2.45) is 0 Å². The van der Waals surface area contributed by atoms with Crippen LogP contribution in [-0.2, 0) is 0 Å². The molecule has 0 atom stereocenters. The molecular weight excluding hydrogens is 215 g/mol.